The lowest BCUT2D eigenvalue weighted by Crippen LogP contribution is -2.45. The molecule has 3 nitrogen and oxygen atoms in total. The molecule has 1 amide bonds. The maximum Gasteiger partial charge on any atom is 0.225 e. The van der Waals surface area contributed by atoms with Crippen molar-refractivity contribution in [2.45, 2.75) is 18.9 Å². The van der Waals surface area contributed by atoms with Crippen molar-refractivity contribution in [3.8, 4) is 0 Å². The summed E-state index contributed by atoms with van der Waals surface area (Å²) in [7, 11) is 0. The average Bonchev–Trinajstić information content (AvgIpc) is 3.10. The molecule has 4 heteroatoms. The van der Waals surface area contributed by atoms with Crippen molar-refractivity contribution in [3.63, 3.8) is 0 Å². The van der Waals surface area contributed by atoms with E-state index in [0.29, 0.717) is 5.52 Å². The number of nitrogens with one attached hydrogen (secondary N) is 2. The quantitative estimate of drug-likeness (QED) is 0.513. The first-order chi connectivity index (χ1) is 13.6. The number of carbonyl (C=O) groups excluding carboxylic acids is 1. The SMILES string of the molecule is CC(NC(=O)Cc1c[nH]c2cc(F)ccc12)(c1ccccc1)c1ccccc1. The highest BCUT2D eigenvalue weighted by atomic mass is 19.1. The van der Waals surface area contributed by atoms with Gasteiger partial charge in [-0.2, -0.15) is 0 Å². The number of halogens is 1. The zero-order chi connectivity index (χ0) is 19.6. The molecule has 4 aromatic rings. The molecule has 0 aliphatic rings. The summed E-state index contributed by atoms with van der Waals surface area (Å²) >= 11 is 0. The van der Waals surface area contributed by atoms with Crippen molar-refractivity contribution < 1.29 is 9.18 Å². The molecular formula is C24H21FN2O. The lowest BCUT2D eigenvalue weighted by Gasteiger charge is -2.32. The number of rotatable bonds is 5. The molecule has 140 valence electrons. The Bertz CT molecular complexity index is 1060. The molecule has 0 unspecified atom stereocenters. The molecule has 0 bridgehead atoms. The van der Waals surface area contributed by atoms with Gasteiger partial charge in [-0.05, 0) is 41.8 Å². The zero-order valence-corrected chi connectivity index (χ0v) is 15.6. The Morgan fingerprint density at radius 2 is 1.57 bits per heavy atom. The maximum atomic E-state index is 13.4. The summed E-state index contributed by atoms with van der Waals surface area (Å²) in [5.74, 6) is -0.397. The van der Waals surface area contributed by atoms with Crippen molar-refractivity contribution >= 4 is 16.8 Å². The fraction of sp³-hybridized carbons (Fsp3) is 0.125. The monoisotopic (exact) mass is 372 g/mol. The van der Waals surface area contributed by atoms with Gasteiger partial charge in [0.25, 0.3) is 0 Å². The summed E-state index contributed by atoms with van der Waals surface area (Å²) in [4.78, 5) is 16.0. The van der Waals surface area contributed by atoms with E-state index in [1.165, 1.54) is 12.1 Å². The van der Waals surface area contributed by atoms with Crippen LogP contribution in [-0.2, 0) is 16.8 Å². The lowest BCUT2D eigenvalue weighted by atomic mass is 9.84. The fourth-order valence-corrected chi connectivity index (χ4v) is 3.65. The normalized spacial score (nSPS) is 11.5. The number of hydrogen-bond acceptors (Lipinski definition) is 1. The molecule has 3 aromatic carbocycles. The molecular weight excluding hydrogens is 351 g/mol. The van der Waals surface area contributed by atoms with E-state index in [0.717, 1.165) is 22.1 Å². The minimum Gasteiger partial charge on any atom is -0.361 e. The molecule has 0 aliphatic carbocycles. The van der Waals surface area contributed by atoms with E-state index in [4.69, 9.17) is 0 Å². The second kappa shape index (κ2) is 7.31. The molecule has 2 N–H and O–H groups in total. The van der Waals surface area contributed by atoms with Gasteiger partial charge in [0.1, 0.15) is 5.82 Å². The van der Waals surface area contributed by atoms with Crippen molar-refractivity contribution in [3.05, 3.63) is 108 Å². The summed E-state index contributed by atoms with van der Waals surface area (Å²) in [6.07, 6.45) is 1.98. The zero-order valence-electron chi connectivity index (χ0n) is 15.6. The van der Waals surface area contributed by atoms with Crippen LogP contribution in [0, 0.1) is 5.82 Å². The molecule has 0 atom stereocenters. The highest BCUT2D eigenvalue weighted by Gasteiger charge is 2.30. The van der Waals surface area contributed by atoms with Gasteiger partial charge in [-0.15, -0.1) is 0 Å². The van der Waals surface area contributed by atoms with E-state index in [9.17, 15) is 9.18 Å². The smallest absolute Gasteiger partial charge is 0.225 e. The highest BCUT2D eigenvalue weighted by molar-refractivity contribution is 5.89. The Labute approximate surface area is 163 Å². The lowest BCUT2D eigenvalue weighted by molar-refractivity contribution is -0.121. The minimum atomic E-state index is -0.655. The molecule has 4 rings (SSSR count). The predicted octanol–water partition coefficient (Wildman–Crippen LogP) is 4.93. The van der Waals surface area contributed by atoms with Crippen molar-refractivity contribution in [1.29, 1.82) is 0 Å². The van der Waals surface area contributed by atoms with E-state index < -0.39 is 5.54 Å². The first-order valence-electron chi connectivity index (χ1n) is 9.24. The number of carbonyl (C=O) groups is 1. The molecule has 0 radical (unpaired) electrons. The first-order valence-corrected chi connectivity index (χ1v) is 9.24. The second-order valence-corrected chi connectivity index (χ2v) is 7.09. The van der Waals surface area contributed by atoms with Crippen LogP contribution in [0.3, 0.4) is 0 Å². The summed E-state index contributed by atoms with van der Waals surface area (Å²) < 4.78 is 13.4. The number of amides is 1. The van der Waals surface area contributed by atoms with Gasteiger partial charge in [-0.3, -0.25) is 4.79 Å². The van der Waals surface area contributed by atoms with Gasteiger partial charge in [-0.25, -0.2) is 4.39 Å². The van der Waals surface area contributed by atoms with Crippen molar-refractivity contribution in [1.82, 2.24) is 10.3 Å². The molecule has 0 saturated heterocycles. The van der Waals surface area contributed by atoms with Crippen molar-refractivity contribution in [2.75, 3.05) is 0 Å². The van der Waals surface area contributed by atoms with Gasteiger partial charge in [0, 0.05) is 17.1 Å². The van der Waals surface area contributed by atoms with Gasteiger partial charge in [0.2, 0.25) is 5.91 Å². The number of hydrogen-bond donors (Lipinski definition) is 2. The molecule has 28 heavy (non-hydrogen) atoms. The summed E-state index contributed by atoms with van der Waals surface area (Å²) in [6, 6.07) is 24.4. The number of H-pyrrole nitrogens is 1. The van der Waals surface area contributed by atoms with Crippen LogP contribution < -0.4 is 5.32 Å². The summed E-state index contributed by atoms with van der Waals surface area (Å²) in [6.45, 7) is 2.01. The van der Waals surface area contributed by atoms with Crippen LogP contribution in [0.5, 0.6) is 0 Å². The van der Waals surface area contributed by atoms with E-state index in [-0.39, 0.29) is 18.1 Å². The minimum absolute atomic E-state index is 0.0968. The number of aromatic amines is 1. The fourth-order valence-electron chi connectivity index (χ4n) is 3.65. The molecule has 0 saturated carbocycles. The molecule has 1 aromatic heterocycles. The van der Waals surface area contributed by atoms with E-state index in [2.05, 4.69) is 10.3 Å². The standard InChI is InChI=1S/C24H21FN2O/c1-24(18-8-4-2-5-9-18,19-10-6-3-7-11-19)27-23(28)14-17-16-26-22-15-20(25)12-13-21(17)22/h2-13,15-16,26H,14H2,1H3,(H,27,28). The third-order valence-corrected chi connectivity index (χ3v) is 5.17. The van der Waals surface area contributed by atoms with Gasteiger partial charge in [0.05, 0.1) is 12.0 Å². The Kier molecular flexibility index (Phi) is 4.70. The van der Waals surface area contributed by atoms with Crippen LogP contribution >= 0.6 is 0 Å². The predicted molar refractivity (Wildman–Crippen MR) is 109 cm³/mol. The average molecular weight is 372 g/mol. The van der Waals surface area contributed by atoms with Crippen LogP contribution in [0.15, 0.2) is 85.1 Å². The molecule has 0 aliphatic heterocycles. The van der Waals surface area contributed by atoms with E-state index in [1.807, 2.05) is 67.6 Å². The molecule has 0 fully saturated rings. The molecule has 1 heterocycles. The first kappa shape index (κ1) is 18.0. The van der Waals surface area contributed by atoms with E-state index in [1.54, 1.807) is 12.3 Å². The number of fused-ring (bicyclic) bond motifs is 1. The number of aromatic nitrogens is 1. The van der Waals surface area contributed by atoms with Crippen molar-refractivity contribution in [2.24, 2.45) is 0 Å². The Balaban J connectivity index is 1.64. The topological polar surface area (TPSA) is 44.9 Å². The Morgan fingerprint density at radius 1 is 0.964 bits per heavy atom. The Hall–Kier alpha value is -3.40. The van der Waals surface area contributed by atoms with Gasteiger partial charge < -0.3 is 10.3 Å². The highest BCUT2D eigenvalue weighted by Crippen LogP contribution is 2.29. The van der Waals surface area contributed by atoms with Crippen LogP contribution in [0.1, 0.15) is 23.6 Å². The Morgan fingerprint density at radius 3 is 2.18 bits per heavy atom. The van der Waals surface area contributed by atoms with Crippen LogP contribution in [0.2, 0.25) is 0 Å². The van der Waals surface area contributed by atoms with Crippen LogP contribution in [0.4, 0.5) is 4.39 Å². The largest absolute Gasteiger partial charge is 0.361 e. The third kappa shape index (κ3) is 3.41. The second-order valence-electron chi connectivity index (χ2n) is 7.09. The van der Waals surface area contributed by atoms with E-state index >= 15 is 0 Å². The number of benzene rings is 3. The van der Waals surface area contributed by atoms with Crippen LogP contribution in [-0.4, -0.2) is 10.9 Å². The molecule has 0 spiro atoms. The summed E-state index contributed by atoms with van der Waals surface area (Å²) in [5, 5.41) is 4.07. The van der Waals surface area contributed by atoms with Gasteiger partial charge in [-0.1, -0.05) is 60.7 Å². The van der Waals surface area contributed by atoms with Crippen LogP contribution in [0.25, 0.3) is 10.9 Å². The van der Waals surface area contributed by atoms with Gasteiger partial charge >= 0.3 is 0 Å². The van der Waals surface area contributed by atoms with Gasteiger partial charge in [0.15, 0.2) is 0 Å². The maximum absolute atomic E-state index is 13.4. The third-order valence-electron chi connectivity index (χ3n) is 5.17. The summed E-state index contributed by atoms with van der Waals surface area (Å²) in [5.41, 5.74) is 2.90.